The van der Waals surface area contributed by atoms with Gasteiger partial charge in [-0.15, -0.1) is 10.2 Å². The molecule has 2 rings (SSSR count). The third-order valence-electron chi connectivity index (χ3n) is 2.72. The van der Waals surface area contributed by atoms with Gasteiger partial charge in [0.1, 0.15) is 0 Å². The van der Waals surface area contributed by atoms with Gasteiger partial charge >= 0.3 is 0 Å². The minimum Gasteiger partial charge on any atom is -0.322 e. The second kappa shape index (κ2) is 6.85. The molecule has 5 nitrogen and oxygen atoms in total. The number of nitrogens with zero attached hydrogens (tertiary/aromatic N) is 3. The Hall–Kier alpha value is -1.69. The predicted octanol–water partition coefficient (Wildman–Crippen LogP) is 3.10. The van der Waals surface area contributed by atoms with Crippen molar-refractivity contribution in [3.05, 3.63) is 51.8 Å². The second-order valence-corrected chi connectivity index (χ2v) is 5.47. The number of carbonyl (C=O) groups excluding carboxylic acids is 1. The number of nitrogens with one attached hydrogen (secondary N) is 1. The molecule has 2 aromatic rings. The normalized spacial score (nSPS) is 10.7. The number of hydrogen-bond acceptors (Lipinski definition) is 4. The van der Waals surface area contributed by atoms with Crippen LogP contribution in [0.3, 0.4) is 0 Å². The van der Waals surface area contributed by atoms with E-state index in [2.05, 4.69) is 15.5 Å². The SMILES string of the molecule is CN(C)Cc1ccccc1NC(=O)c1cc(Cl)nnc1Cl. The molecule has 0 atom stereocenters. The van der Waals surface area contributed by atoms with E-state index in [4.69, 9.17) is 23.2 Å². The highest BCUT2D eigenvalue weighted by Crippen LogP contribution is 2.20. The van der Waals surface area contributed by atoms with E-state index in [1.54, 1.807) is 0 Å². The first-order valence-corrected chi connectivity index (χ1v) is 6.95. The van der Waals surface area contributed by atoms with Crippen molar-refractivity contribution in [2.45, 2.75) is 6.54 Å². The third kappa shape index (κ3) is 4.14. The van der Waals surface area contributed by atoms with Crippen LogP contribution in [0.25, 0.3) is 0 Å². The first kappa shape index (κ1) is 15.7. The number of benzene rings is 1. The van der Waals surface area contributed by atoms with E-state index in [-0.39, 0.29) is 21.8 Å². The lowest BCUT2D eigenvalue weighted by Crippen LogP contribution is -2.17. The fraction of sp³-hybridized carbons (Fsp3) is 0.214. The van der Waals surface area contributed by atoms with E-state index in [0.717, 1.165) is 11.3 Å². The molecule has 1 heterocycles. The average Bonchev–Trinajstić information content (AvgIpc) is 2.43. The molecule has 0 bridgehead atoms. The minimum atomic E-state index is -0.372. The zero-order chi connectivity index (χ0) is 15.4. The Morgan fingerprint density at radius 1 is 1.24 bits per heavy atom. The number of aromatic nitrogens is 2. The van der Waals surface area contributed by atoms with Gasteiger partial charge in [-0.25, -0.2) is 0 Å². The van der Waals surface area contributed by atoms with Gasteiger partial charge in [-0.3, -0.25) is 4.79 Å². The number of hydrogen-bond donors (Lipinski definition) is 1. The molecule has 0 unspecified atom stereocenters. The van der Waals surface area contributed by atoms with Crippen LogP contribution in [0.5, 0.6) is 0 Å². The first-order chi connectivity index (χ1) is 9.97. The maximum Gasteiger partial charge on any atom is 0.258 e. The van der Waals surface area contributed by atoms with Crippen LogP contribution < -0.4 is 5.32 Å². The molecule has 0 aliphatic heterocycles. The van der Waals surface area contributed by atoms with Crippen LogP contribution in [0, 0.1) is 0 Å². The topological polar surface area (TPSA) is 58.1 Å². The van der Waals surface area contributed by atoms with Crippen LogP contribution in [-0.2, 0) is 6.54 Å². The van der Waals surface area contributed by atoms with Gasteiger partial charge in [0.15, 0.2) is 10.3 Å². The predicted molar refractivity (Wildman–Crippen MR) is 83.8 cm³/mol. The molecule has 0 saturated carbocycles. The minimum absolute atomic E-state index is 0.0157. The lowest BCUT2D eigenvalue weighted by atomic mass is 10.1. The summed E-state index contributed by atoms with van der Waals surface area (Å²) < 4.78 is 0. The monoisotopic (exact) mass is 324 g/mol. The van der Waals surface area contributed by atoms with Gasteiger partial charge in [0.2, 0.25) is 0 Å². The highest BCUT2D eigenvalue weighted by Gasteiger charge is 2.15. The zero-order valence-electron chi connectivity index (χ0n) is 11.6. The van der Waals surface area contributed by atoms with Gasteiger partial charge in [-0.2, -0.15) is 0 Å². The van der Waals surface area contributed by atoms with Crippen molar-refractivity contribution in [1.82, 2.24) is 15.1 Å². The summed E-state index contributed by atoms with van der Waals surface area (Å²) in [5.74, 6) is -0.372. The molecule has 21 heavy (non-hydrogen) atoms. The van der Waals surface area contributed by atoms with Crippen LogP contribution in [0.15, 0.2) is 30.3 Å². The van der Waals surface area contributed by atoms with Crippen LogP contribution in [0.4, 0.5) is 5.69 Å². The summed E-state index contributed by atoms with van der Waals surface area (Å²) in [6, 6.07) is 8.96. The van der Waals surface area contributed by atoms with Gasteiger partial charge in [0, 0.05) is 12.2 Å². The molecule has 0 spiro atoms. The molecular formula is C14H14Cl2N4O. The largest absolute Gasteiger partial charge is 0.322 e. The Bertz CT molecular complexity index is 661. The number of halogens is 2. The Kier molecular flexibility index (Phi) is 5.12. The Balaban J connectivity index is 2.25. The van der Waals surface area contributed by atoms with Gasteiger partial charge < -0.3 is 10.2 Å². The highest BCUT2D eigenvalue weighted by atomic mass is 35.5. The highest BCUT2D eigenvalue weighted by molar-refractivity contribution is 6.34. The van der Waals surface area contributed by atoms with Crippen LogP contribution in [0.2, 0.25) is 10.3 Å². The van der Waals surface area contributed by atoms with Crippen molar-refractivity contribution >= 4 is 34.8 Å². The summed E-state index contributed by atoms with van der Waals surface area (Å²) in [6.45, 7) is 0.708. The molecular weight excluding hydrogens is 311 g/mol. The lowest BCUT2D eigenvalue weighted by molar-refractivity contribution is 0.102. The first-order valence-electron chi connectivity index (χ1n) is 6.20. The van der Waals surface area contributed by atoms with Crippen LogP contribution >= 0.6 is 23.2 Å². The Morgan fingerprint density at radius 3 is 2.67 bits per heavy atom. The van der Waals surface area contributed by atoms with Gasteiger partial charge in [0.05, 0.1) is 5.56 Å². The number of amides is 1. The van der Waals surface area contributed by atoms with E-state index < -0.39 is 0 Å². The van der Waals surface area contributed by atoms with Crippen molar-refractivity contribution in [2.24, 2.45) is 0 Å². The van der Waals surface area contributed by atoms with Crippen molar-refractivity contribution < 1.29 is 4.79 Å². The maximum absolute atomic E-state index is 12.3. The second-order valence-electron chi connectivity index (χ2n) is 4.72. The summed E-state index contributed by atoms with van der Waals surface area (Å²) in [5.41, 5.74) is 1.91. The quantitative estimate of drug-likeness (QED) is 0.938. The molecule has 0 fully saturated rings. The van der Waals surface area contributed by atoms with Gasteiger partial charge in [-0.05, 0) is 31.8 Å². The fourth-order valence-electron chi connectivity index (χ4n) is 1.82. The molecule has 0 aliphatic rings. The summed E-state index contributed by atoms with van der Waals surface area (Å²) in [7, 11) is 3.92. The van der Waals surface area contributed by atoms with Crippen LogP contribution in [-0.4, -0.2) is 35.1 Å². The van der Waals surface area contributed by atoms with E-state index in [9.17, 15) is 4.79 Å². The van der Waals surface area contributed by atoms with E-state index in [1.807, 2.05) is 43.3 Å². The summed E-state index contributed by atoms with van der Waals surface area (Å²) in [6.07, 6.45) is 0. The number of rotatable bonds is 4. The van der Waals surface area contributed by atoms with Crippen molar-refractivity contribution in [3.8, 4) is 0 Å². The standard InChI is InChI=1S/C14H14Cl2N4O/c1-20(2)8-9-5-3-4-6-11(9)17-14(21)10-7-12(15)18-19-13(10)16/h3-7H,8H2,1-2H3,(H,17,21). The molecule has 1 aromatic carbocycles. The molecule has 110 valence electrons. The molecule has 1 aromatic heterocycles. The molecule has 7 heteroatoms. The van der Waals surface area contributed by atoms with E-state index in [1.165, 1.54) is 6.07 Å². The van der Waals surface area contributed by atoms with Gasteiger partial charge in [0.25, 0.3) is 5.91 Å². The summed E-state index contributed by atoms with van der Waals surface area (Å²) >= 11 is 11.6. The molecule has 0 aliphatic carbocycles. The fourth-order valence-corrected chi connectivity index (χ4v) is 2.15. The maximum atomic E-state index is 12.3. The van der Waals surface area contributed by atoms with Crippen LogP contribution in [0.1, 0.15) is 15.9 Å². The number of para-hydroxylation sites is 1. The zero-order valence-corrected chi connectivity index (χ0v) is 13.1. The lowest BCUT2D eigenvalue weighted by Gasteiger charge is -2.15. The third-order valence-corrected chi connectivity index (χ3v) is 3.18. The van der Waals surface area contributed by atoms with E-state index in [0.29, 0.717) is 6.54 Å². The van der Waals surface area contributed by atoms with Crippen molar-refractivity contribution in [3.63, 3.8) is 0 Å². The smallest absolute Gasteiger partial charge is 0.258 e. The van der Waals surface area contributed by atoms with Crippen molar-refractivity contribution in [2.75, 3.05) is 19.4 Å². The Morgan fingerprint density at radius 2 is 1.95 bits per heavy atom. The number of anilines is 1. The molecule has 1 N–H and O–H groups in total. The Labute approximate surface area is 132 Å². The summed E-state index contributed by atoms with van der Waals surface area (Å²) in [5, 5.41) is 10.2. The molecule has 0 radical (unpaired) electrons. The van der Waals surface area contributed by atoms with Crippen molar-refractivity contribution in [1.29, 1.82) is 0 Å². The summed E-state index contributed by atoms with van der Waals surface area (Å²) in [4.78, 5) is 14.3. The average molecular weight is 325 g/mol. The molecule has 0 saturated heterocycles. The number of carbonyl (C=O) groups is 1. The van der Waals surface area contributed by atoms with E-state index >= 15 is 0 Å². The molecule has 1 amide bonds. The van der Waals surface area contributed by atoms with Gasteiger partial charge in [-0.1, -0.05) is 41.4 Å².